The fraction of sp³-hybridized carbons (Fsp3) is 0.267. The van der Waals surface area contributed by atoms with E-state index in [-0.39, 0.29) is 0 Å². The highest BCUT2D eigenvalue weighted by molar-refractivity contribution is 14.1. The maximum atomic E-state index is 5.91. The van der Waals surface area contributed by atoms with Crippen LogP contribution in [0.1, 0.15) is 17.2 Å². The van der Waals surface area contributed by atoms with E-state index in [0.29, 0.717) is 42.4 Å². The van der Waals surface area contributed by atoms with Gasteiger partial charge in [-0.05, 0) is 47.2 Å². The molecule has 0 amide bonds. The Balaban J connectivity index is 1.72. The number of H-pyrrole nitrogens is 1. The lowest BCUT2D eigenvalue weighted by Gasteiger charge is -2.19. The smallest absolute Gasteiger partial charge is 0.163 e. The van der Waals surface area contributed by atoms with Crippen LogP contribution in [0.25, 0.3) is 11.2 Å². The Hall–Kier alpha value is -2.10. The van der Waals surface area contributed by atoms with Gasteiger partial charge >= 0.3 is 0 Å². The van der Waals surface area contributed by atoms with Crippen LogP contribution in [0.5, 0.6) is 11.5 Å². The molecule has 0 unspecified atom stereocenters. The monoisotopic (exact) mass is 423 g/mol. The minimum absolute atomic E-state index is 0.395. The predicted molar refractivity (Wildman–Crippen MR) is 93.8 cm³/mol. The number of hydrogen-bond donors (Lipinski definition) is 2. The molecule has 3 aromatic rings. The molecule has 3 heterocycles. The van der Waals surface area contributed by atoms with Crippen molar-refractivity contribution < 1.29 is 9.47 Å². The molecule has 8 heteroatoms. The zero-order valence-corrected chi connectivity index (χ0v) is 14.5. The summed E-state index contributed by atoms with van der Waals surface area (Å²) in [6, 6.07) is 4.00. The van der Waals surface area contributed by atoms with Gasteiger partial charge < -0.3 is 20.2 Å². The molecule has 4 rings (SSSR count). The van der Waals surface area contributed by atoms with Crippen molar-refractivity contribution in [1.29, 1.82) is 0 Å². The van der Waals surface area contributed by atoms with Crippen LogP contribution in [-0.2, 0) is 6.42 Å². The lowest BCUT2D eigenvalue weighted by atomic mass is 10.1. The summed E-state index contributed by atoms with van der Waals surface area (Å²) in [7, 11) is 0. The molecule has 2 aromatic heterocycles. The van der Waals surface area contributed by atoms with Gasteiger partial charge in [-0.2, -0.15) is 0 Å². The van der Waals surface area contributed by atoms with Crippen molar-refractivity contribution in [2.75, 3.05) is 18.9 Å². The Labute approximate surface area is 145 Å². The minimum atomic E-state index is 0.395. The molecule has 0 fully saturated rings. The summed E-state index contributed by atoms with van der Waals surface area (Å²) in [6.45, 7) is 2.96. The van der Waals surface area contributed by atoms with E-state index < -0.39 is 0 Å². The molecule has 0 bridgehead atoms. The van der Waals surface area contributed by atoms with Crippen LogP contribution in [0.15, 0.2) is 12.1 Å². The van der Waals surface area contributed by atoms with Crippen molar-refractivity contribution in [1.82, 2.24) is 19.9 Å². The van der Waals surface area contributed by atoms with E-state index in [1.165, 1.54) is 0 Å². The van der Waals surface area contributed by atoms with Crippen LogP contribution >= 0.6 is 22.6 Å². The third kappa shape index (κ3) is 2.67. The van der Waals surface area contributed by atoms with E-state index in [1.807, 2.05) is 12.1 Å². The first-order chi connectivity index (χ1) is 11.1. The molecule has 0 saturated carbocycles. The van der Waals surface area contributed by atoms with Crippen molar-refractivity contribution in [3.8, 4) is 11.5 Å². The Morgan fingerprint density at radius 3 is 2.70 bits per heavy atom. The molecule has 0 saturated heterocycles. The van der Waals surface area contributed by atoms with Gasteiger partial charge in [0.2, 0.25) is 0 Å². The molecule has 23 heavy (non-hydrogen) atoms. The SMILES string of the molecule is Cc1nc(N)c2nc(Cc3cc4c(cc3I)OCCO4)[nH]c2n1. The van der Waals surface area contributed by atoms with Gasteiger partial charge in [-0.1, -0.05) is 0 Å². The molecule has 3 N–H and O–H groups in total. The quantitative estimate of drug-likeness (QED) is 0.614. The third-order valence-electron chi connectivity index (χ3n) is 3.60. The van der Waals surface area contributed by atoms with E-state index in [2.05, 4.69) is 42.5 Å². The van der Waals surface area contributed by atoms with E-state index in [0.717, 1.165) is 26.5 Å². The fourth-order valence-electron chi connectivity index (χ4n) is 2.59. The van der Waals surface area contributed by atoms with Crippen molar-refractivity contribution in [3.05, 3.63) is 32.9 Å². The number of fused-ring (bicyclic) bond motifs is 2. The Morgan fingerprint density at radius 2 is 1.91 bits per heavy atom. The highest BCUT2D eigenvalue weighted by Gasteiger charge is 2.16. The van der Waals surface area contributed by atoms with Gasteiger partial charge in [0.15, 0.2) is 23.0 Å². The number of ether oxygens (including phenoxy) is 2. The summed E-state index contributed by atoms with van der Waals surface area (Å²) in [5.41, 5.74) is 8.30. The summed E-state index contributed by atoms with van der Waals surface area (Å²) in [5.74, 6) is 3.38. The number of aromatic nitrogens is 4. The topological polar surface area (TPSA) is 98.9 Å². The van der Waals surface area contributed by atoms with E-state index in [1.54, 1.807) is 6.92 Å². The number of imidazole rings is 1. The minimum Gasteiger partial charge on any atom is -0.486 e. The van der Waals surface area contributed by atoms with Crippen LogP contribution in [0, 0.1) is 10.5 Å². The molecule has 1 aliphatic rings. The molecule has 0 aliphatic carbocycles. The Bertz CT molecular complexity index is 909. The summed E-state index contributed by atoms with van der Waals surface area (Å²) in [6.07, 6.45) is 0.629. The average molecular weight is 423 g/mol. The zero-order chi connectivity index (χ0) is 16.0. The molecule has 1 aliphatic heterocycles. The lowest BCUT2D eigenvalue weighted by Crippen LogP contribution is -2.15. The predicted octanol–water partition coefficient (Wildman–Crippen LogP) is 2.21. The van der Waals surface area contributed by atoms with E-state index in [4.69, 9.17) is 15.2 Å². The molecule has 7 nitrogen and oxygen atoms in total. The second-order valence-electron chi connectivity index (χ2n) is 5.30. The first kappa shape index (κ1) is 14.5. The number of nitrogens with zero attached hydrogens (tertiary/aromatic N) is 3. The fourth-order valence-corrected chi connectivity index (χ4v) is 3.22. The van der Waals surface area contributed by atoms with Crippen molar-refractivity contribution in [3.63, 3.8) is 0 Å². The van der Waals surface area contributed by atoms with Crippen molar-refractivity contribution >= 4 is 39.6 Å². The third-order valence-corrected chi connectivity index (χ3v) is 4.61. The van der Waals surface area contributed by atoms with Gasteiger partial charge in [0.25, 0.3) is 0 Å². The summed E-state index contributed by atoms with van der Waals surface area (Å²) < 4.78 is 12.3. The number of anilines is 1. The second kappa shape index (κ2) is 5.52. The van der Waals surface area contributed by atoms with Gasteiger partial charge in [0.05, 0.1) is 0 Å². The standard InChI is InChI=1S/C15H14IN5O2/c1-7-18-14(17)13-15(19-7)21-12(20-13)5-8-4-10-11(6-9(8)16)23-3-2-22-10/h4,6H,2-3,5H2,1H3,(H3,17,18,19,20,21). The lowest BCUT2D eigenvalue weighted by molar-refractivity contribution is 0.171. The number of halogens is 1. The van der Waals surface area contributed by atoms with Crippen molar-refractivity contribution in [2.24, 2.45) is 0 Å². The Morgan fingerprint density at radius 1 is 1.17 bits per heavy atom. The number of nitrogens with two attached hydrogens (primary N) is 1. The first-order valence-corrected chi connectivity index (χ1v) is 8.25. The number of benzene rings is 1. The number of rotatable bonds is 2. The van der Waals surface area contributed by atoms with Crippen LogP contribution in [0.4, 0.5) is 5.82 Å². The van der Waals surface area contributed by atoms with Gasteiger partial charge in [0, 0.05) is 9.99 Å². The molecule has 118 valence electrons. The van der Waals surface area contributed by atoms with Gasteiger partial charge in [0.1, 0.15) is 30.4 Å². The number of nitrogens with one attached hydrogen (secondary N) is 1. The van der Waals surface area contributed by atoms with Crippen LogP contribution < -0.4 is 15.2 Å². The number of nitrogen functional groups attached to an aromatic ring is 1. The van der Waals surface area contributed by atoms with Crippen LogP contribution in [0.3, 0.4) is 0 Å². The zero-order valence-electron chi connectivity index (χ0n) is 12.4. The van der Waals surface area contributed by atoms with Gasteiger partial charge in [-0.3, -0.25) is 0 Å². The molecule has 1 aromatic carbocycles. The number of hydrogen-bond acceptors (Lipinski definition) is 6. The van der Waals surface area contributed by atoms with E-state index in [9.17, 15) is 0 Å². The maximum Gasteiger partial charge on any atom is 0.163 e. The van der Waals surface area contributed by atoms with Gasteiger partial charge in [-0.25, -0.2) is 15.0 Å². The van der Waals surface area contributed by atoms with Gasteiger partial charge in [-0.15, -0.1) is 0 Å². The largest absolute Gasteiger partial charge is 0.486 e. The molecular formula is C15H14IN5O2. The maximum absolute atomic E-state index is 5.91. The molecular weight excluding hydrogens is 409 g/mol. The highest BCUT2D eigenvalue weighted by Crippen LogP contribution is 2.34. The van der Waals surface area contributed by atoms with E-state index >= 15 is 0 Å². The summed E-state index contributed by atoms with van der Waals surface area (Å²) in [4.78, 5) is 16.2. The Kier molecular flexibility index (Phi) is 3.47. The van der Waals surface area contributed by atoms with Crippen LogP contribution in [-0.4, -0.2) is 33.1 Å². The molecule has 0 spiro atoms. The van der Waals surface area contributed by atoms with Crippen LogP contribution in [0.2, 0.25) is 0 Å². The summed E-state index contributed by atoms with van der Waals surface area (Å²) >= 11 is 2.29. The number of aromatic amines is 1. The molecule has 0 radical (unpaired) electrons. The summed E-state index contributed by atoms with van der Waals surface area (Å²) in [5, 5.41) is 0. The first-order valence-electron chi connectivity index (χ1n) is 7.17. The average Bonchev–Trinajstić information content (AvgIpc) is 2.91. The highest BCUT2D eigenvalue weighted by atomic mass is 127. The second-order valence-corrected chi connectivity index (χ2v) is 6.46. The number of aryl methyl sites for hydroxylation is 1. The molecule has 0 atom stereocenters. The van der Waals surface area contributed by atoms with Crippen molar-refractivity contribution in [2.45, 2.75) is 13.3 Å². The normalized spacial score (nSPS) is 13.5.